The number of nitrogens with zero attached hydrogens (tertiary/aromatic N) is 1. The topological polar surface area (TPSA) is 63.4 Å². The van der Waals surface area contributed by atoms with E-state index >= 15 is 0 Å². The summed E-state index contributed by atoms with van der Waals surface area (Å²) in [6.07, 6.45) is 0.566. The van der Waals surface area contributed by atoms with Crippen molar-refractivity contribution in [1.82, 2.24) is 0 Å². The number of fused-ring (bicyclic) bond motifs is 1. The predicted molar refractivity (Wildman–Crippen MR) is 75.5 cm³/mol. The van der Waals surface area contributed by atoms with Crippen molar-refractivity contribution in [2.45, 2.75) is 11.3 Å². The molecule has 1 aliphatic rings. The van der Waals surface area contributed by atoms with E-state index in [4.69, 9.17) is 5.73 Å². The van der Waals surface area contributed by atoms with Crippen molar-refractivity contribution in [3.63, 3.8) is 0 Å². The molecule has 1 aliphatic heterocycles. The molecule has 0 radical (unpaired) electrons. The first kappa shape index (κ1) is 12.9. The lowest BCUT2D eigenvalue weighted by Gasteiger charge is -2.19. The Balaban J connectivity index is 2.10. The maximum Gasteiger partial charge on any atom is 0.264 e. The molecule has 3 rings (SSSR count). The summed E-state index contributed by atoms with van der Waals surface area (Å²) in [7, 11) is -3.75. The van der Waals surface area contributed by atoms with Crippen LogP contribution in [0, 0.1) is 5.82 Å². The van der Waals surface area contributed by atoms with Crippen LogP contribution in [0.3, 0.4) is 0 Å². The number of halogens is 1. The lowest BCUT2D eigenvalue weighted by atomic mass is 10.1. The second kappa shape index (κ2) is 4.49. The first-order chi connectivity index (χ1) is 9.50. The highest BCUT2D eigenvalue weighted by Crippen LogP contribution is 2.35. The van der Waals surface area contributed by atoms with E-state index in [0.717, 1.165) is 11.6 Å². The average molecular weight is 292 g/mol. The minimum atomic E-state index is -3.75. The molecule has 6 heteroatoms. The molecular weight excluding hydrogens is 279 g/mol. The number of nitrogen functional groups attached to an aromatic ring is 1. The molecule has 0 spiro atoms. The molecule has 0 amide bonds. The van der Waals surface area contributed by atoms with Crippen molar-refractivity contribution in [3.05, 3.63) is 53.8 Å². The standard InChI is InChI=1S/C14H13FN2O2S/c15-10-3-1-4-11(9-10)20(18,19)17-8-7-12-13(16)5-2-6-14(12)17/h1-6,9H,7-8,16H2. The molecule has 1 heterocycles. The van der Waals surface area contributed by atoms with Crippen molar-refractivity contribution < 1.29 is 12.8 Å². The van der Waals surface area contributed by atoms with Crippen LogP contribution in [0.2, 0.25) is 0 Å². The smallest absolute Gasteiger partial charge is 0.264 e. The summed E-state index contributed by atoms with van der Waals surface area (Å²) in [5.41, 5.74) is 7.85. The van der Waals surface area contributed by atoms with Gasteiger partial charge in [-0.3, -0.25) is 4.31 Å². The average Bonchev–Trinajstić information content (AvgIpc) is 2.85. The van der Waals surface area contributed by atoms with E-state index in [-0.39, 0.29) is 4.90 Å². The number of benzene rings is 2. The Hall–Kier alpha value is -2.08. The third-order valence-corrected chi connectivity index (χ3v) is 5.21. The summed E-state index contributed by atoms with van der Waals surface area (Å²) >= 11 is 0. The zero-order valence-electron chi connectivity index (χ0n) is 10.6. The van der Waals surface area contributed by atoms with Crippen molar-refractivity contribution in [2.75, 3.05) is 16.6 Å². The fourth-order valence-electron chi connectivity index (χ4n) is 2.44. The molecule has 20 heavy (non-hydrogen) atoms. The number of hydrogen-bond acceptors (Lipinski definition) is 3. The quantitative estimate of drug-likeness (QED) is 0.863. The van der Waals surface area contributed by atoms with Gasteiger partial charge in [-0.25, -0.2) is 12.8 Å². The van der Waals surface area contributed by atoms with Gasteiger partial charge in [0, 0.05) is 17.8 Å². The zero-order valence-corrected chi connectivity index (χ0v) is 11.4. The number of hydrogen-bond donors (Lipinski definition) is 1. The van der Waals surface area contributed by atoms with Crippen LogP contribution in [-0.2, 0) is 16.4 Å². The highest BCUT2D eigenvalue weighted by Gasteiger charge is 2.31. The largest absolute Gasteiger partial charge is 0.398 e. The predicted octanol–water partition coefficient (Wildman–Crippen LogP) is 2.16. The van der Waals surface area contributed by atoms with E-state index < -0.39 is 15.8 Å². The van der Waals surface area contributed by atoms with Gasteiger partial charge < -0.3 is 5.73 Å². The van der Waals surface area contributed by atoms with Crippen LogP contribution >= 0.6 is 0 Å². The molecule has 104 valence electrons. The highest BCUT2D eigenvalue weighted by molar-refractivity contribution is 7.92. The Labute approximate surface area is 116 Å². The lowest BCUT2D eigenvalue weighted by Crippen LogP contribution is -2.29. The maximum atomic E-state index is 13.2. The molecular formula is C14H13FN2O2S. The number of nitrogens with two attached hydrogens (primary N) is 1. The Morgan fingerprint density at radius 2 is 1.90 bits per heavy atom. The summed E-state index contributed by atoms with van der Waals surface area (Å²) < 4.78 is 39.7. The van der Waals surface area contributed by atoms with Crippen molar-refractivity contribution >= 4 is 21.4 Å². The molecule has 2 aromatic rings. The maximum absolute atomic E-state index is 13.2. The molecule has 0 unspecified atom stereocenters. The van der Waals surface area contributed by atoms with Crippen LogP contribution in [0.5, 0.6) is 0 Å². The van der Waals surface area contributed by atoms with Gasteiger partial charge in [0.05, 0.1) is 10.6 Å². The van der Waals surface area contributed by atoms with Crippen molar-refractivity contribution in [1.29, 1.82) is 0 Å². The van der Waals surface area contributed by atoms with E-state index in [1.54, 1.807) is 18.2 Å². The summed E-state index contributed by atoms with van der Waals surface area (Å²) in [5.74, 6) is -0.571. The molecule has 0 saturated carbocycles. The Bertz CT molecular complexity index is 774. The molecule has 0 bridgehead atoms. The second-order valence-corrected chi connectivity index (χ2v) is 6.49. The van der Waals surface area contributed by atoms with Gasteiger partial charge in [0.15, 0.2) is 0 Å². The van der Waals surface area contributed by atoms with E-state index in [1.165, 1.54) is 22.5 Å². The fraction of sp³-hybridized carbons (Fsp3) is 0.143. The molecule has 0 aromatic heterocycles. The third-order valence-electron chi connectivity index (χ3n) is 3.41. The van der Waals surface area contributed by atoms with Crippen molar-refractivity contribution in [2.24, 2.45) is 0 Å². The van der Waals surface area contributed by atoms with Crippen LogP contribution in [0.15, 0.2) is 47.4 Å². The first-order valence-corrected chi connectivity index (χ1v) is 7.60. The molecule has 4 nitrogen and oxygen atoms in total. The normalized spacial score (nSPS) is 14.3. The third kappa shape index (κ3) is 1.92. The van der Waals surface area contributed by atoms with Gasteiger partial charge in [-0.15, -0.1) is 0 Å². The van der Waals surface area contributed by atoms with Gasteiger partial charge in [-0.1, -0.05) is 12.1 Å². The van der Waals surface area contributed by atoms with E-state index in [9.17, 15) is 12.8 Å². The second-order valence-electron chi connectivity index (χ2n) is 4.63. The van der Waals surface area contributed by atoms with E-state index in [0.29, 0.717) is 24.3 Å². The zero-order chi connectivity index (χ0) is 14.3. The van der Waals surface area contributed by atoms with Gasteiger partial charge in [0.1, 0.15) is 5.82 Å². The van der Waals surface area contributed by atoms with Crippen LogP contribution in [0.4, 0.5) is 15.8 Å². The number of rotatable bonds is 2. The Morgan fingerprint density at radius 3 is 2.65 bits per heavy atom. The van der Waals surface area contributed by atoms with Crippen LogP contribution in [0.25, 0.3) is 0 Å². The monoisotopic (exact) mass is 292 g/mol. The van der Waals surface area contributed by atoms with Gasteiger partial charge in [-0.05, 0) is 36.8 Å². The molecule has 0 aliphatic carbocycles. The van der Waals surface area contributed by atoms with Gasteiger partial charge in [-0.2, -0.15) is 0 Å². The fourth-order valence-corrected chi connectivity index (χ4v) is 3.96. The van der Waals surface area contributed by atoms with E-state index in [1.807, 2.05) is 0 Å². The minimum absolute atomic E-state index is 0.0484. The summed E-state index contributed by atoms with van der Waals surface area (Å²) in [6, 6.07) is 10.2. The van der Waals surface area contributed by atoms with Gasteiger partial charge in [0.25, 0.3) is 10.0 Å². The molecule has 0 atom stereocenters. The van der Waals surface area contributed by atoms with Crippen LogP contribution in [-0.4, -0.2) is 15.0 Å². The highest BCUT2D eigenvalue weighted by atomic mass is 32.2. The van der Waals surface area contributed by atoms with Gasteiger partial charge in [0.2, 0.25) is 0 Å². The van der Waals surface area contributed by atoms with E-state index in [2.05, 4.69) is 0 Å². The van der Waals surface area contributed by atoms with Crippen LogP contribution in [0.1, 0.15) is 5.56 Å². The van der Waals surface area contributed by atoms with Gasteiger partial charge >= 0.3 is 0 Å². The summed E-state index contributed by atoms with van der Waals surface area (Å²) in [5, 5.41) is 0. The molecule has 0 saturated heterocycles. The Morgan fingerprint density at radius 1 is 1.15 bits per heavy atom. The first-order valence-electron chi connectivity index (χ1n) is 6.16. The molecule has 2 aromatic carbocycles. The minimum Gasteiger partial charge on any atom is -0.398 e. The Kier molecular flexibility index (Phi) is 2.90. The molecule has 2 N–H and O–H groups in total. The van der Waals surface area contributed by atoms with Crippen LogP contribution < -0.4 is 10.0 Å². The SMILES string of the molecule is Nc1cccc2c1CCN2S(=O)(=O)c1cccc(F)c1. The summed E-state index contributed by atoms with van der Waals surface area (Å²) in [4.78, 5) is -0.0484. The van der Waals surface area contributed by atoms with Crippen molar-refractivity contribution in [3.8, 4) is 0 Å². The molecule has 0 fully saturated rings. The lowest BCUT2D eigenvalue weighted by molar-refractivity contribution is 0.587. The summed E-state index contributed by atoms with van der Waals surface area (Å²) in [6.45, 7) is 0.322. The number of anilines is 2. The number of sulfonamides is 1.